The molecule has 7 nitrogen and oxygen atoms in total. The van der Waals surface area contributed by atoms with Crippen LogP contribution in [0, 0.1) is 18.3 Å². The molecule has 1 fully saturated rings. The topological polar surface area (TPSA) is 84.7 Å². The van der Waals surface area contributed by atoms with E-state index in [1.807, 2.05) is 50.3 Å². The summed E-state index contributed by atoms with van der Waals surface area (Å²) in [7, 11) is 3.23. The highest BCUT2D eigenvalue weighted by Gasteiger charge is 2.62. The Labute approximate surface area is 240 Å². The van der Waals surface area contributed by atoms with Gasteiger partial charge in [-0.25, -0.2) is 4.90 Å². The summed E-state index contributed by atoms with van der Waals surface area (Å²) in [6.07, 6.45) is 4.12. The summed E-state index contributed by atoms with van der Waals surface area (Å²) < 4.78 is 7.90. The minimum Gasteiger partial charge on any atom is -0.504 e. The number of ether oxygens (including phenoxy) is 1. The van der Waals surface area contributed by atoms with Gasteiger partial charge in [0.25, 0.3) is 0 Å². The van der Waals surface area contributed by atoms with Crippen LogP contribution in [0.1, 0.15) is 30.4 Å². The van der Waals surface area contributed by atoms with E-state index in [-0.39, 0.29) is 17.6 Å². The SMILES string of the molecule is C=CC1=CC[C@H]2C(=O)N(c3cc(-c4sc5ccc(Cl)cc5c4C)nn3C)C(=O)[C@@]2(C)[C@H]1c1ccc(OC)c(O)c1. The molecule has 2 aromatic carbocycles. The maximum Gasteiger partial charge on any atom is 0.242 e. The highest BCUT2D eigenvalue weighted by molar-refractivity contribution is 7.22. The number of imide groups is 1. The van der Waals surface area contributed by atoms with Crippen LogP contribution in [-0.4, -0.2) is 33.8 Å². The Morgan fingerprint density at radius 2 is 2.00 bits per heavy atom. The van der Waals surface area contributed by atoms with Gasteiger partial charge in [0.1, 0.15) is 11.5 Å². The first-order valence-electron chi connectivity index (χ1n) is 12.9. The quantitative estimate of drug-likeness (QED) is 0.266. The number of anilines is 1. The van der Waals surface area contributed by atoms with E-state index in [0.717, 1.165) is 26.1 Å². The largest absolute Gasteiger partial charge is 0.504 e. The molecule has 0 radical (unpaired) electrons. The second-order valence-corrected chi connectivity index (χ2v) is 12.0. The van der Waals surface area contributed by atoms with Gasteiger partial charge in [0.2, 0.25) is 11.8 Å². The van der Waals surface area contributed by atoms with E-state index < -0.39 is 17.3 Å². The van der Waals surface area contributed by atoms with Crippen molar-refractivity contribution in [1.29, 1.82) is 0 Å². The average Bonchev–Trinajstić information content (AvgIpc) is 3.52. The van der Waals surface area contributed by atoms with Gasteiger partial charge in [-0.1, -0.05) is 36.4 Å². The first-order chi connectivity index (χ1) is 19.1. The maximum absolute atomic E-state index is 14.4. The first kappa shape index (κ1) is 26.3. The van der Waals surface area contributed by atoms with Crippen LogP contribution in [0.15, 0.2) is 66.8 Å². The summed E-state index contributed by atoms with van der Waals surface area (Å²) in [5.41, 5.74) is 2.20. The number of hydrogen-bond donors (Lipinski definition) is 1. The summed E-state index contributed by atoms with van der Waals surface area (Å²) in [5, 5.41) is 17.0. The molecular formula is C31H28ClN3O4S. The molecule has 204 valence electrons. The van der Waals surface area contributed by atoms with Crippen molar-refractivity contribution in [2.24, 2.45) is 18.4 Å². The van der Waals surface area contributed by atoms with Crippen molar-refractivity contribution in [1.82, 2.24) is 9.78 Å². The Morgan fingerprint density at radius 3 is 2.70 bits per heavy atom. The average molecular weight is 574 g/mol. The van der Waals surface area contributed by atoms with Gasteiger partial charge in [-0.15, -0.1) is 11.3 Å². The zero-order valence-electron chi connectivity index (χ0n) is 22.6. The van der Waals surface area contributed by atoms with Crippen LogP contribution in [0.3, 0.4) is 0 Å². The monoisotopic (exact) mass is 573 g/mol. The van der Waals surface area contributed by atoms with Crippen LogP contribution in [0.2, 0.25) is 5.02 Å². The molecule has 2 aliphatic rings. The van der Waals surface area contributed by atoms with Gasteiger partial charge in [0, 0.05) is 28.8 Å². The smallest absolute Gasteiger partial charge is 0.242 e. The molecule has 0 saturated carbocycles. The number of carbonyl (C=O) groups excluding carboxylic acids is 2. The van der Waals surface area contributed by atoms with E-state index in [9.17, 15) is 14.7 Å². The fourth-order valence-electron chi connectivity index (χ4n) is 6.35. The third kappa shape index (κ3) is 3.66. The molecule has 1 N–H and O–H groups in total. The second kappa shape index (κ2) is 9.35. The highest BCUT2D eigenvalue weighted by Crippen LogP contribution is 2.57. The standard InChI is InChI=1S/C31H28ClN3O4S/c1-6-17-7-10-21-29(37)35(30(38)31(21,3)27(17)18-8-11-24(39-5)23(36)13-18)26-15-22(33-34(26)4)28-16(2)20-14-19(32)9-12-25(20)40-28/h6-9,11-15,21,27,36H,1,10H2,2-5H3/t21-,27+,31+/m0/s1. The lowest BCUT2D eigenvalue weighted by Crippen LogP contribution is -2.41. The lowest BCUT2D eigenvalue weighted by Gasteiger charge is -2.40. The normalized spacial score (nSPS) is 22.5. The van der Waals surface area contributed by atoms with Crippen LogP contribution in [0.4, 0.5) is 5.82 Å². The molecule has 3 atom stereocenters. The Balaban J connectivity index is 1.44. The van der Waals surface area contributed by atoms with E-state index in [4.69, 9.17) is 21.4 Å². The Morgan fingerprint density at radius 1 is 1.23 bits per heavy atom. The zero-order valence-corrected chi connectivity index (χ0v) is 24.1. The van der Waals surface area contributed by atoms with E-state index in [0.29, 0.717) is 34.3 Å². The van der Waals surface area contributed by atoms with Crippen LogP contribution >= 0.6 is 22.9 Å². The molecule has 0 bridgehead atoms. The fraction of sp³-hybridized carbons (Fsp3) is 0.258. The molecule has 1 aliphatic heterocycles. The number of methoxy groups -OCH3 is 1. The predicted molar refractivity (Wildman–Crippen MR) is 158 cm³/mol. The number of aryl methyl sites for hydroxylation is 2. The van der Waals surface area contributed by atoms with Gasteiger partial charge in [-0.3, -0.25) is 14.3 Å². The van der Waals surface area contributed by atoms with Crippen LogP contribution in [0.25, 0.3) is 20.7 Å². The summed E-state index contributed by atoms with van der Waals surface area (Å²) in [6, 6.07) is 12.7. The van der Waals surface area contributed by atoms with Gasteiger partial charge in [0.15, 0.2) is 11.5 Å². The highest BCUT2D eigenvalue weighted by atomic mass is 35.5. The third-order valence-corrected chi connectivity index (χ3v) is 9.95. The van der Waals surface area contributed by atoms with Gasteiger partial charge in [-0.2, -0.15) is 5.10 Å². The fourth-order valence-corrected chi connectivity index (χ4v) is 7.67. The molecule has 40 heavy (non-hydrogen) atoms. The lowest BCUT2D eigenvalue weighted by molar-refractivity contribution is -0.127. The molecule has 1 saturated heterocycles. The number of nitrogens with zero attached hydrogens (tertiary/aromatic N) is 3. The van der Waals surface area contributed by atoms with Gasteiger partial charge < -0.3 is 9.84 Å². The number of benzene rings is 2. The molecule has 3 heterocycles. The number of hydrogen-bond acceptors (Lipinski definition) is 6. The molecule has 9 heteroatoms. The summed E-state index contributed by atoms with van der Waals surface area (Å²) in [4.78, 5) is 30.6. The minimum atomic E-state index is -1.09. The Bertz CT molecular complexity index is 1770. The molecule has 2 amide bonds. The van der Waals surface area contributed by atoms with Crippen molar-refractivity contribution in [3.63, 3.8) is 0 Å². The van der Waals surface area contributed by atoms with Crippen LogP contribution in [-0.2, 0) is 16.6 Å². The third-order valence-electron chi connectivity index (χ3n) is 8.42. The van der Waals surface area contributed by atoms with Crippen molar-refractivity contribution in [3.8, 4) is 22.1 Å². The number of thiophene rings is 1. The molecule has 0 spiro atoms. The first-order valence-corrected chi connectivity index (χ1v) is 14.1. The van der Waals surface area contributed by atoms with Gasteiger partial charge >= 0.3 is 0 Å². The number of phenolic OH excluding ortho intramolecular Hbond substituents is 1. The molecular weight excluding hydrogens is 546 g/mol. The van der Waals surface area contributed by atoms with Crippen molar-refractivity contribution in [2.45, 2.75) is 26.2 Å². The number of aromatic hydroxyl groups is 1. The van der Waals surface area contributed by atoms with Crippen LogP contribution in [0.5, 0.6) is 11.5 Å². The molecule has 4 aromatic rings. The number of allylic oxidation sites excluding steroid dienone is 3. The molecule has 2 aromatic heterocycles. The number of phenols is 1. The number of fused-ring (bicyclic) bond motifs is 2. The van der Waals surface area contributed by atoms with Crippen molar-refractivity contribution >= 4 is 50.7 Å². The zero-order chi connectivity index (χ0) is 28.5. The number of amides is 2. The Kier molecular flexibility index (Phi) is 6.16. The maximum atomic E-state index is 14.4. The minimum absolute atomic E-state index is 0.0287. The lowest BCUT2D eigenvalue weighted by atomic mass is 9.60. The van der Waals surface area contributed by atoms with E-state index in [1.54, 1.807) is 41.3 Å². The summed E-state index contributed by atoms with van der Waals surface area (Å²) in [5.74, 6) is -0.893. The molecule has 0 unspecified atom stereocenters. The molecule has 1 aliphatic carbocycles. The molecule has 6 rings (SSSR count). The van der Waals surface area contributed by atoms with Crippen molar-refractivity contribution in [3.05, 3.63) is 82.9 Å². The van der Waals surface area contributed by atoms with E-state index >= 15 is 0 Å². The van der Waals surface area contributed by atoms with E-state index in [2.05, 4.69) is 6.58 Å². The van der Waals surface area contributed by atoms with Crippen LogP contribution < -0.4 is 9.64 Å². The van der Waals surface area contributed by atoms with Crippen molar-refractivity contribution < 1.29 is 19.4 Å². The van der Waals surface area contributed by atoms with Gasteiger partial charge in [0.05, 0.1) is 23.3 Å². The van der Waals surface area contributed by atoms with Crippen molar-refractivity contribution in [2.75, 3.05) is 12.0 Å². The Hall–Kier alpha value is -3.88. The summed E-state index contributed by atoms with van der Waals surface area (Å²) >= 11 is 7.84. The summed E-state index contributed by atoms with van der Waals surface area (Å²) in [6.45, 7) is 7.85. The van der Waals surface area contributed by atoms with E-state index in [1.165, 1.54) is 12.0 Å². The number of rotatable bonds is 5. The predicted octanol–water partition coefficient (Wildman–Crippen LogP) is 6.77. The number of aromatic nitrogens is 2. The number of carbonyl (C=O) groups is 2. The van der Waals surface area contributed by atoms with Gasteiger partial charge in [-0.05, 0) is 72.7 Å². The number of halogens is 1. The second-order valence-electron chi connectivity index (χ2n) is 10.5.